The van der Waals surface area contributed by atoms with Gasteiger partial charge in [-0.15, -0.1) is 0 Å². The molecule has 0 radical (unpaired) electrons. The van der Waals surface area contributed by atoms with Crippen molar-refractivity contribution < 1.29 is 38.1 Å². The van der Waals surface area contributed by atoms with Crippen LogP contribution in [0.4, 0.5) is 9.59 Å². The standard InChI is InChI=1S/C38H48N2O8Si/c1-38(2,3)49(4,5)40-25-33(34(40)41)48-32(35(42)45-26-29-17-9-6-10-18-29)23-15-16-24-39(36(43)46-27-30-19-11-7-12-20-30)37(44)47-28-31-21-13-8-14-22-31/h6-14,17-22,32-33H,15-16,23-28H2,1-5H3/t32-,33-/m0/s1. The Balaban J connectivity index is 1.38. The Hall–Kier alpha value is -4.48. The molecule has 4 rings (SSSR count). The Kier molecular flexibility index (Phi) is 13.1. The summed E-state index contributed by atoms with van der Waals surface area (Å²) in [5.41, 5.74) is 2.39. The van der Waals surface area contributed by atoms with E-state index in [2.05, 4.69) is 33.9 Å². The van der Waals surface area contributed by atoms with Crippen LogP contribution in [-0.2, 0) is 48.4 Å². The molecule has 3 amide bonds. The molecule has 11 heteroatoms. The first-order valence-electron chi connectivity index (χ1n) is 16.7. The van der Waals surface area contributed by atoms with Gasteiger partial charge in [-0.2, -0.15) is 0 Å². The zero-order valence-corrected chi connectivity index (χ0v) is 30.1. The summed E-state index contributed by atoms with van der Waals surface area (Å²) in [6.07, 6.45) is -2.44. The van der Waals surface area contributed by atoms with Crippen molar-refractivity contribution in [1.82, 2.24) is 9.47 Å². The van der Waals surface area contributed by atoms with Gasteiger partial charge in [0, 0.05) is 13.1 Å². The van der Waals surface area contributed by atoms with Gasteiger partial charge in [-0.3, -0.25) is 4.79 Å². The van der Waals surface area contributed by atoms with Crippen LogP contribution in [0.5, 0.6) is 0 Å². The highest BCUT2D eigenvalue weighted by Gasteiger charge is 2.52. The van der Waals surface area contributed by atoms with Crippen LogP contribution < -0.4 is 0 Å². The van der Waals surface area contributed by atoms with Gasteiger partial charge in [0.25, 0.3) is 0 Å². The van der Waals surface area contributed by atoms with Gasteiger partial charge >= 0.3 is 18.2 Å². The minimum absolute atomic E-state index is 0.00542. The molecule has 3 aromatic carbocycles. The van der Waals surface area contributed by atoms with Gasteiger partial charge in [0.2, 0.25) is 5.91 Å². The van der Waals surface area contributed by atoms with Crippen molar-refractivity contribution in [3.05, 3.63) is 108 Å². The number of carbonyl (C=O) groups excluding carboxylic acids is 4. The van der Waals surface area contributed by atoms with Gasteiger partial charge in [-0.1, -0.05) is 125 Å². The van der Waals surface area contributed by atoms with Crippen LogP contribution in [0.1, 0.15) is 56.7 Å². The summed E-state index contributed by atoms with van der Waals surface area (Å²) in [6, 6.07) is 27.7. The number of rotatable bonds is 15. The number of esters is 1. The summed E-state index contributed by atoms with van der Waals surface area (Å²) < 4.78 is 24.6. The summed E-state index contributed by atoms with van der Waals surface area (Å²) in [6.45, 7) is 11.2. The highest BCUT2D eigenvalue weighted by molar-refractivity contribution is 6.80. The van der Waals surface area contributed by atoms with E-state index in [1.807, 2.05) is 95.6 Å². The lowest BCUT2D eigenvalue weighted by Crippen LogP contribution is -2.70. The number of carbonyl (C=O) groups is 4. The molecule has 0 aliphatic carbocycles. The maximum atomic E-state index is 13.3. The van der Waals surface area contributed by atoms with Crippen molar-refractivity contribution in [2.75, 3.05) is 13.1 Å². The van der Waals surface area contributed by atoms with Crippen LogP contribution in [0.25, 0.3) is 0 Å². The van der Waals surface area contributed by atoms with E-state index in [-0.39, 0.29) is 43.7 Å². The van der Waals surface area contributed by atoms with E-state index in [0.717, 1.165) is 21.6 Å². The second kappa shape index (κ2) is 17.3. The lowest BCUT2D eigenvalue weighted by Gasteiger charge is -2.53. The first kappa shape index (κ1) is 37.3. The molecule has 0 spiro atoms. The van der Waals surface area contributed by atoms with E-state index in [1.165, 1.54) is 0 Å². The van der Waals surface area contributed by atoms with Gasteiger partial charge in [0.15, 0.2) is 20.4 Å². The van der Waals surface area contributed by atoms with Crippen LogP contribution in [0.2, 0.25) is 18.1 Å². The smallest absolute Gasteiger partial charge is 0.419 e. The Bertz CT molecular complexity index is 1470. The molecule has 10 nitrogen and oxygen atoms in total. The Morgan fingerprint density at radius 1 is 0.755 bits per heavy atom. The normalized spacial score (nSPS) is 15.2. The molecule has 3 aromatic rings. The largest absolute Gasteiger partial charge is 0.459 e. The number of nitrogens with zero attached hydrogens (tertiary/aromatic N) is 2. The summed E-state index contributed by atoms with van der Waals surface area (Å²) in [5.74, 6) is -0.676. The van der Waals surface area contributed by atoms with Gasteiger partial charge in [-0.05, 0) is 41.0 Å². The number of hydrogen-bond acceptors (Lipinski definition) is 8. The zero-order chi connectivity index (χ0) is 35.4. The van der Waals surface area contributed by atoms with E-state index < -0.39 is 38.6 Å². The third-order valence-electron chi connectivity index (χ3n) is 9.16. The monoisotopic (exact) mass is 688 g/mol. The van der Waals surface area contributed by atoms with Crippen LogP contribution in [0.3, 0.4) is 0 Å². The lowest BCUT2D eigenvalue weighted by molar-refractivity contribution is -0.176. The van der Waals surface area contributed by atoms with E-state index in [0.29, 0.717) is 19.4 Å². The number of unbranched alkanes of at least 4 members (excludes halogenated alkanes) is 1. The van der Waals surface area contributed by atoms with Crippen molar-refractivity contribution in [2.45, 2.75) is 90.2 Å². The predicted molar refractivity (Wildman–Crippen MR) is 188 cm³/mol. The van der Waals surface area contributed by atoms with Crippen molar-refractivity contribution in [1.29, 1.82) is 0 Å². The molecule has 0 unspecified atom stereocenters. The van der Waals surface area contributed by atoms with E-state index >= 15 is 0 Å². The van der Waals surface area contributed by atoms with Gasteiger partial charge in [0.05, 0.1) is 0 Å². The van der Waals surface area contributed by atoms with Gasteiger partial charge < -0.3 is 23.5 Å². The maximum Gasteiger partial charge on any atom is 0.419 e. The number of benzene rings is 3. The highest BCUT2D eigenvalue weighted by Crippen LogP contribution is 2.41. The molecule has 0 aromatic heterocycles. The van der Waals surface area contributed by atoms with Crippen molar-refractivity contribution in [3.63, 3.8) is 0 Å². The third kappa shape index (κ3) is 10.5. The Morgan fingerprint density at radius 3 is 1.63 bits per heavy atom. The molecular formula is C38H48N2O8Si. The van der Waals surface area contributed by atoms with Crippen LogP contribution >= 0.6 is 0 Å². The lowest BCUT2D eigenvalue weighted by atomic mass is 10.1. The first-order chi connectivity index (χ1) is 23.4. The van der Waals surface area contributed by atoms with E-state index in [4.69, 9.17) is 18.9 Å². The van der Waals surface area contributed by atoms with Crippen LogP contribution in [-0.4, -0.2) is 67.1 Å². The molecule has 49 heavy (non-hydrogen) atoms. The quantitative estimate of drug-likeness (QED) is 0.0532. The molecular weight excluding hydrogens is 641 g/mol. The molecule has 1 aliphatic rings. The summed E-state index contributed by atoms with van der Waals surface area (Å²) in [4.78, 5) is 53.7. The average molecular weight is 689 g/mol. The van der Waals surface area contributed by atoms with Crippen LogP contribution in [0.15, 0.2) is 91.0 Å². The number of amides is 3. The van der Waals surface area contributed by atoms with Crippen molar-refractivity contribution in [2.24, 2.45) is 0 Å². The number of hydrogen-bond donors (Lipinski definition) is 0. The fourth-order valence-corrected chi connectivity index (χ4v) is 7.24. The molecule has 0 N–H and O–H groups in total. The molecule has 0 bridgehead atoms. The Labute approximate surface area is 290 Å². The molecule has 1 aliphatic heterocycles. The fourth-order valence-electron chi connectivity index (χ4n) is 5.12. The number of β-lactam (4-membered cyclic amide) rings is 1. The molecule has 1 fully saturated rings. The zero-order valence-electron chi connectivity index (χ0n) is 29.1. The third-order valence-corrected chi connectivity index (χ3v) is 14.6. The number of imide groups is 1. The predicted octanol–water partition coefficient (Wildman–Crippen LogP) is 7.48. The highest BCUT2D eigenvalue weighted by atomic mass is 28.3. The van der Waals surface area contributed by atoms with E-state index in [9.17, 15) is 19.2 Å². The summed E-state index contributed by atoms with van der Waals surface area (Å²) >= 11 is 0. The molecule has 2 atom stereocenters. The van der Waals surface area contributed by atoms with Crippen LogP contribution in [0, 0.1) is 0 Å². The molecule has 1 heterocycles. The molecule has 1 saturated heterocycles. The Morgan fingerprint density at radius 2 is 1.20 bits per heavy atom. The summed E-state index contributed by atoms with van der Waals surface area (Å²) in [5, 5.41) is -0.0298. The topological polar surface area (TPSA) is 112 Å². The SMILES string of the molecule is CC(C)(C)[Si](C)(C)N1C[C@H](O[C@@H](CCCCN(C(=O)OCc2ccccc2)C(=O)OCc2ccccc2)C(=O)OCc2ccccc2)C1=O. The maximum absolute atomic E-state index is 13.3. The van der Waals surface area contributed by atoms with Gasteiger partial charge in [0.1, 0.15) is 19.8 Å². The van der Waals surface area contributed by atoms with Gasteiger partial charge in [-0.25, -0.2) is 19.3 Å². The average Bonchev–Trinajstić information content (AvgIpc) is 3.09. The molecule has 0 saturated carbocycles. The minimum Gasteiger partial charge on any atom is -0.459 e. The van der Waals surface area contributed by atoms with Crippen molar-refractivity contribution in [3.8, 4) is 0 Å². The summed E-state index contributed by atoms with van der Waals surface area (Å²) in [7, 11) is -2.09. The fraction of sp³-hybridized carbons (Fsp3) is 0.421. The second-order valence-electron chi connectivity index (χ2n) is 13.7. The molecule has 262 valence electrons. The van der Waals surface area contributed by atoms with E-state index in [1.54, 1.807) is 0 Å². The van der Waals surface area contributed by atoms with Crippen molar-refractivity contribution >= 4 is 32.3 Å². The second-order valence-corrected chi connectivity index (χ2v) is 18.9. The first-order valence-corrected chi connectivity index (χ1v) is 19.7. The number of ether oxygens (including phenoxy) is 4. The minimum atomic E-state index is -2.09.